The molecular weight excluding hydrogens is 690 g/mol. The van der Waals surface area contributed by atoms with Gasteiger partial charge in [0, 0.05) is 31.9 Å². The monoisotopic (exact) mass is 759 g/mol. The van der Waals surface area contributed by atoms with Gasteiger partial charge in [0.25, 0.3) is 11.7 Å². The number of cyclic esters (lactones) is 1. The van der Waals surface area contributed by atoms with Crippen molar-refractivity contribution in [2.75, 3.05) is 13.7 Å². The molecule has 2 saturated heterocycles. The maximum atomic E-state index is 14.2. The average Bonchev–Trinajstić information content (AvgIpc) is 3.15. The van der Waals surface area contributed by atoms with E-state index in [1.165, 1.54) is 4.90 Å². The summed E-state index contributed by atoms with van der Waals surface area (Å²) in [6, 6.07) is -1.08. The number of methoxy groups -OCH3 is 1. The molecule has 1 amide bonds. The Bertz CT molecular complexity index is 1380. The van der Waals surface area contributed by atoms with Crippen LogP contribution in [0.15, 0.2) is 23.3 Å². The highest BCUT2D eigenvalue weighted by Crippen LogP contribution is 2.40. The van der Waals surface area contributed by atoms with Crippen LogP contribution in [0.4, 0.5) is 0 Å². The Hall–Kier alpha value is -2.44. The molecule has 3 heterocycles. The molecule has 4 rings (SSSR count). The van der Waals surface area contributed by atoms with Gasteiger partial charge in [-0.3, -0.25) is 14.4 Å². The van der Waals surface area contributed by atoms with Crippen molar-refractivity contribution in [3.05, 3.63) is 23.3 Å². The molecule has 0 aromatic heterocycles. The number of rotatable bonds is 5. The molecular formula is C43H69NO10. The number of nitrogens with zero attached hydrogens (tertiary/aromatic N) is 1. The summed E-state index contributed by atoms with van der Waals surface area (Å²) < 4.78 is 18.1. The smallest absolute Gasteiger partial charge is 0.329 e. The largest absolute Gasteiger partial charge is 0.456 e. The number of Topliss-reactive ketones (excluding diaryl/α,β-unsaturated/α-hetero) is 2. The van der Waals surface area contributed by atoms with E-state index in [1.54, 1.807) is 21.0 Å². The summed E-state index contributed by atoms with van der Waals surface area (Å²) in [6.45, 7) is 13.7. The second-order valence-electron chi connectivity index (χ2n) is 17.2. The standard InChI is InChI=1S/C43H69NO10/c1-9-31-20-25(3)19-26(4)21-32(10-2)37-17-14-28(6)43(51,54-37)40(48)41(49)44-18-12-11-13-33(44)42(50)53-39(29(7)35(46)24-36(31)47)27(5)22-30-15-16-34(45)38(23-30)52-8/h20,22,25-26,28-30,32-35,37-39,45-46,51H,9-19,21,23-24H2,1-8H3/t25?,26-,28+,29+,30-,32-,33?,34+,35-,37-,38+,39+,43+/m0/s1. The summed E-state index contributed by atoms with van der Waals surface area (Å²) in [5, 5.41) is 33.9. The molecule has 2 unspecified atom stereocenters. The highest BCUT2D eigenvalue weighted by Gasteiger charge is 2.53. The highest BCUT2D eigenvalue weighted by atomic mass is 16.6. The summed E-state index contributed by atoms with van der Waals surface area (Å²) in [6.07, 6.45) is 7.85. The fourth-order valence-electron chi connectivity index (χ4n) is 9.52. The van der Waals surface area contributed by atoms with Crippen LogP contribution in [0.3, 0.4) is 0 Å². The number of esters is 1. The van der Waals surface area contributed by atoms with Crippen molar-refractivity contribution >= 4 is 23.4 Å². The average molecular weight is 760 g/mol. The normalized spacial score (nSPS) is 40.3. The number of ketones is 2. The van der Waals surface area contributed by atoms with Gasteiger partial charge in [0.2, 0.25) is 5.79 Å². The van der Waals surface area contributed by atoms with Crippen LogP contribution in [0, 0.1) is 35.5 Å². The van der Waals surface area contributed by atoms with Crippen LogP contribution in [0.2, 0.25) is 0 Å². The molecule has 0 radical (unpaired) electrons. The number of hydrogen-bond donors (Lipinski definition) is 3. The Morgan fingerprint density at radius 1 is 0.963 bits per heavy atom. The van der Waals surface area contributed by atoms with Crippen LogP contribution in [-0.4, -0.2) is 99.7 Å². The number of piperidine rings is 1. The molecule has 0 aromatic rings. The van der Waals surface area contributed by atoms with Crippen molar-refractivity contribution < 1.29 is 48.7 Å². The van der Waals surface area contributed by atoms with E-state index < -0.39 is 65.7 Å². The first-order valence-electron chi connectivity index (χ1n) is 20.8. The van der Waals surface area contributed by atoms with Gasteiger partial charge >= 0.3 is 5.97 Å². The molecule has 2 bridgehead atoms. The van der Waals surface area contributed by atoms with E-state index in [9.17, 15) is 34.5 Å². The Balaban J connectivity index is 1.74. The Morgan fingerprint density at radius 3 is 2.35 bits per heavy atom. The molecule has 11 nitrogen and oxygen atoms in total. The lowest BCUT2D eigenvalue weighted by molar-refractivity contribution is -0.271. The van der Waals surface area contributed by atoms with E-state index in [2.05, 4.69) is 20.8 Å². The molecule has 13 atom stereocenters. The van der Waals surface area contributed by atoms with Gasteiger partial charge in [-0.1, -0.05) is 60.1 Å². The van der Waals surface area contributed by atoms with Gasteiger partial charge in [-0.05, 0) is 112 Å². The molecule has 3 aliphatic heterocycles. The van der Waals surface area contributed by atoms with E-state index >= 15 is 0 Å². The number of hydrogen-bond acceptors (Lipinski definition) is 10. The number of aliphatic hydroxyl groups excluding tert-OH is 2. The lowest BCUT2D eigenvalue weighted by atomic mass is 9.79. The number of ether oxygens (including phenoxy) is 3. The minimum Gasteiger partial charge on any atom is -0.456 e. The van der Waals surface area contributed by atoms with Gasteiger partial charge in [0.15, 0.2) is 5.78 Å². The number of aliphatic hydroxyl groups is 3. The van der Waals surface area contributed by atoms with Gasteiger partial charge in [0.1, 0.15) is 12.1 Å². The van der Waals surface area contributed by atoms with Gasteiger partial charge < -0.3 is 34.4 Å². The molecule has 0 spiro atoms. The third kappa shape index (κ3) is 10.5. The zero-order valence-electron chi connectivity index (χ0n) is 34.1. The fourth-order valence-corrected chi connectivity index (χ4v) is 9.52. The van der Waals surface area contributed by atoms with E-state index in [0.717, 1.165) is 19.3 Å². The van der Waals surface area contributed by atoms with Crippen LogP contribution in [-0.2, 0) is 33.4 Å². The first-order valence-corrected chi connectivity index (χ1v) is 20.8. The first kappa shape index (κ1) is 44.3. The van der Waals surface area contributed by atoms with Crippen LogP contribution in [0.1, 0.15) is 132 Å². The Kier molecular flexibility index (Phi) is 16.1. The third-order valence-electron chi connectivity index (χ3n) is 13.0. The molecule has 1 aliphatic carbocycles. The molecule has 3 N–H and O–H groups in total. The van der Waals surface area contributed by atoms with E-state index in [1.807, 2.05) is 26.0 Å². The third-order valence-corrected chi connectivity index (χ3v) is 13.0. The lowest BCUT2D eigenvalue weighted by Crippen LogP contribution is -2.61. The van der Waals surface area contributed by atoms with Gasteiger partial charge in [0.05, 0.1) is 24.4 Å². The number of carbonyl (C=O) groups excluding carboxylic acids is 4. The molecule has 54 heavy (non-hydrogen) atoms. The molecule has 11 heteroatoms. The summed E-state index contributed by atoms with van der Waals surface area (Å²) >= 11 is 0. The molecule has 4 aliphatic rings. The topological polar surface area (TPSA) is 160 Å². The number of fused-ring (bicyclic) bond motifs is 3. The van der Waals surface area contributed by atoms with Crippen molar-refractivity contribution in [3.8, 4) is 0 Å². The van der Waals surface area contributed by atoms with E-state index in [4.69, 9.17) is 14.2 Å². The van der Waals surface area contributed by atoms with Gasteiger partial charge in [-0.25, -0.2) is 4.79 Å². The Labute approximate surface area is 323 Å². The zero-order chi connectivity index (χ0) is 39.9. The summed E-state index contributed by atoms with van der Waals surface area (Å²) in [4.78, 5) is 57.4. The number of carbonyl (C=O) groups is 4. The van der Waals surface area contributed by atoms with Crippen LogP contribution in [0.25, 0.3) is 0 Å². The highest BCUT2D eigenvalue weighted by molar-refractivity contribution is 6.39. The van der Waals surface area contributed by atoms with Crippen molar-refractivity contribution in [1.29, 1.82) is 0 Å². The lowest BCUT2D eigenvalue weighted by Gasteiger charge is -2.44. The van der Waals surface area contributed by atoms with Gasteiger partial charge in [-0.15, -0.1) is 0 Å². The van der Waals surface area contributed by atoms with Crippen molar-refractivity contribution in [3.63, 3.8) is 0 Å². The number of allylic oxidation sites excluding steroid dienone is 3. The van der Waals surface area contributed by atoms with E-state index in [0.29, 0.717) is 62.5 Å². The Morgan fingerprint density at radius 2 is 1.69 bits per heavy atom. The maximum absolute atomic E-state index is 14.2. The van der Waals surface area contributed by atoms with Crippen LogP contribution in [0.5, 0.6) is 0 Å². The maximum Gasteiger partial charge on any atom is 0.329 e. The van der Waals surface area contributed by atoms with Gasteiger partial charge in [-0.2, -0.15) is 0 Å². The van der Waals surface area contributed by atoms with Crippen LogP contribution >= 0.6 is 0 Å². The molecule has 3 fully saturated rings. The fraction of sp³-hybridized carbons (Fsp3) is 0.814. The minimum atomic E-state index is -2.32. The molecule has 306 valence electrons. The zero-order valence-corrected chi connectivity index (χ0v) is 34.1. The van der Waals surface area contributed by atoms with E-state index in [-0.39, 0.29) is 54.9 Å². The quantitative estimate of drug-likeness (QED) is 0.176. The van der Waals surface area contributed by atoms with Crippen molar-refractivity contribution in [2.24, 2.45) is 35.5 Å². The predicted molar refractivity (Wildman–Crippen MR) is 205 cm³/mol. The second-order valence-corrected chi connectivity index (χ2v) is 17.2. The first-order chi connectivity index (χ1) is 25.5. The predicted octanol–water partition coefficient (Wildman–Crippen LogP) is 5.86. The second kappa shape index (κ2) is 19.6. The van der Waals surface area contributed by atoms with Crippen molar-refractivity contribution in [1.82, 2.24) is 4.90 Å². The minimum absolute atomic E-state index is 0.0198. The summed E-state index contributed by atoms with van der Waals surface area (Å²) in [7, 11) is 1.57. The summed E-state index contributed by atoms with van der Waals surface area (Å²) in [5.74, 6) is -6.09. The van der Waals surface area contributed by atoms with Crippen LogP contribution < -0.4 is 0 Å². The molecule has 0 aromatic carbocycles. The number of amides is 1. The molecule has 1 saturated carbocycles. The summed E-state index contributed by atoms with van der Waals surface area (Å²) in [5.41, 5.74) is 1.35. The van der Waals surface area contributed by atoms with Crippen molar-refractivity contribution in [2.45, 2.75) is 174 Å². The SMILES string of the molecule is CCC1=CC(C)C[C@H](C)C[C@H](CC)[C@@H]2CC[C@@H](C)[C@@](O)(O2)C(=O)C(=O)N2CCCCC2C(=O)O[C@H](C(C)=C[C@@H]2CC[C@@H](O)[C@H](OC)C2)[C@H](C)[C@@H](O)CC1=O.